The molecule has 1 aromatic heterocycles. The van der Waals surface area contributed by atoms with Crippen LogP contribution in [-0.4, -0.2) is 9.78 Å². The largest absolute Gasteiger partial charge is 0.325 e. The van der Waals surface area contributed by atoms with Crippen molar-refractivity contribution in [3.8, 4) is 0 Å². The lowest BCUT2D eigenvalue weighted by Gasteiger charge is -2.33. The second-order valence-electron chi connectivity index (χ2n) is 4.05. The molecule has 1 saturated carbocycles. The van der Waals surface area contributed by atoms with Crippen molar-refractivity contribution in [2.75, 3.05) is 0 Å². The van der Waals surface area contributed by atoms with Crippen molar-refractivity contribution < 1.29 is 0 Å². The Kier molecular flexibility index (Phi) is 2.36. The summed E-state index contributed by atoms with van der Waals surface area (Å²) in [6, 6.07) is 2.00. The monoisotopic (exact) mass is 179 g/mol. The minimum absolute atomic E-state index is 0.549. The lowest BCUT2D eigenvalue weighted by atomic mass is 9.75. The maximum absolute atomic E-state index is 5.49. The SMILES string of the molecule is CC1CCC1Cn1ccc(CN)n1. The first-order chi connectivity index (χ1) is 6.29. The van der Waals surface area contributed by atoms with E-state index in [0.29, 0.717) is 6.54 Å². The topological polar surface area (TPSA) is 43.8 Å². The highest BCUT2D eigenvalue weighted by Gasteiger charge is 2.26. The van der Waals surface area contributed by atoms with Gasteiger partial charge in [-0.3, -0.25) is 4.68 Å². The molecule has 0 radical (unpaired) electrons. The molecule has 0 saturated heterocycles. The van der Waals surface area contributed by atoms with Crippen LogP contribution in [0.1, 0.15) is 25.5 Å². The van der Waals surface area contributed by atoms with Crippen LogP contribution in [0.15, 0.2) is 12.3 Å². The van der Waals surface area contributed by atoms with Crippen molar-refractivity contribution in [3.63, 3.8) is 0 Å². The quantitative estimate of drug-likeness (QED) is 0.762. The molecule has 0 amide bonds. The van der Waals surface area contributed by atoms with Crippen molar-refractivity contribution >= 4 is 0 Å². The molecule has 0 bridgehead atoms. The lowest BCUT2D eigenvalue weighted by Crippen LogP contribution is -2.27. The predicted octanol–water partition coefficient (Wildman–Crippen LogP) is 1.39. The van der Waals surface area contributed by atoms with Crippen LogP contribution < -0.4 is 5.73 Å². The Morgan fingerprint density at radius 3 is 2.92 bits per heavy atom. The molecular weight excluding hydrogens is 162 g/mol. The van der Waals surface area contributed by atoms with Crippen LogP contribution in [0.25, 0.3) is 0 Å². The van der Waals surface area contributed by atoms with Gasteiger partial charge in [0, 0.05) is 19.3 Å². The van der Waals surface area contributed by atoms with E-state index in [2.05, 4.69) is 12.0 Å². The van der Waals surface area contributed by atoms with Gasteiger partial charge < -0.3 is 5.73 Å². The third kappa shape index (κ3) is 1.75. The van der Waals surface area contributed by atoms with Gasteiger partial charge in [-0.25, -0.2) is 0 Å². The molecule has 2 N–H and O–H groups in total. The maximum Gasteiger partial charge on any atom is 0.0760 e. The minimum Gasteiger partial charge on any atom is -0.325 e. The van der Waals surface area contributed by atoms with Crippen LogP contribution >= 0.6 is 0 Å². The molecule has 3 heteroatoms. The van der Waals surface area contributed by atoms with Crippen LogP contribution in [-0.2, 0) is 13.1 Å². The molecule has 2 unspecified atom stereocenters. The Balaban J connectivity index is 1.93. The van der Waals surface area contributed by atoms with Gasteiger partial charge in [0.15, 0.2) is 0 Å². The molecule has 3 nitrogen and oxygen atoms in total. The summed E-state index contributed by atoms with van der Waals surface area (Å²) in [5.41, 5.74) is 6.48. The Labute approximate surface area is 78.9 Å². The fourth-order valence-corrected chi connectivity index (χ4v) is 1.86. The predicted molar refractivity (Wildman–Crippen MR) is 52.0 cm³/mol. The Bertz CT molecular complexity index is 279. The van der Waals surface area contributed by atoms with Gasteiger partial charge in [0.25, 0.3) is 0 Å². The zero-order valence-corrected chi connectivity index (χ0v) is 8.11. The molecule has 13 heavy (non-hydrogen) atoms. The van der Waals surface area contributed by atoms with E-state index in [-0.39, 0.29) is 0 Å². The molecular formula is C10H17N3. The van der Waals surface area contributed by atoms with Crippen LogP contribution in [0.3, 0.4) is 0 Å². The van der Waals surface area contributed by atoms with Crippen LogP contribution in [0.2, 0.25) is 0 Å². The number of aromatic nitrogens is 2. The summed E-state index contributed by atoms with van der Waals surface area (Å²) >= 11 is 0. The Hall–Kier alpha value is -0.830. The zero-order chi connectivity index (χ0) is 9.26. The maximum atomic E-state index is 5.49. The van der Waals surface area contributed by atoms with Crippen LogP contribution in [0, 0.1) is 11.8 Å². The summed E-state index contributed by atoms with van der Waals surface area (Å²) in [5.74, 6) is 1.72. The van der Waals surface area contributed by atoms with Gasteiger partial charge in [-0.15, -0.1) is 0 Å². The van der Waals surface area contributed by atoms with Gasteiger partial charge in [0.05, 0.1) is 5.69 Å². The zero-order valence-electron chi connectivity index (χ0n) is 8.11. The van der Waals surface area contributed by atoms with E-state index in [1.54, 1.807) is 0 Å². The minimum atomic E-state index is 0.549. The van der Waals surface area contributed by atoms with Gasteiger partial charge in [0.2, 0.25) is 0 Å². The molecule has 2 atom stereocenters. The number of hydrogen-bond acceptors (Lipinski definition) is 2. The molecule has 1 aromatic rings. The molecule has 1 aliphatic carbocycles. The number of rotatable bonds is 3. The number of hydrogen-bond donors (Lipinski definition) is 1. The number of nitrogens with two attached hydrogens (primary N) is 1. The number of nitrogens with zero attached hydrogens (tertiary/aromatic N) is 2. The first kappa shape index (κ1) is 8.75. The average Bonchev–Trinajstić information content (AvgIpc) is 2.59. The van der Waals surface area contributed by atoms with Gasteiger partial charge in [-0.05, 0) is 24.3 Å². The van der Waals surface area contributed by atoms with Crippen LogP contribution in [0.5, 0.6) is 0 Å². The second-order valence-corrected chi connectivity index (χ2v) is 4.05. The summed E-state index contributed by atoms with van der Waals surface area (Å²) in [5, 5.41) is 4.38. The summed E-state index contributed by atoms with van der Waals surface area (Å²) in [6.07, 6.45) is 4.78. The third-order valence-electron chi connectivity index (χ3n) is 3.12. The standard InChI is InChI=1S/C10H17N3/c1-8-2-3-9(8)7-13-5-4-10(6-11)12-13/h4-5,8-9H,2-3,6-7,11H2,1H3. The fourth-order valence-electron chi connectivity index (χ4n) is 1.86. The van der Waals surface area contributed by atoms with E-state index in [4.69, 9.17) is 5.73 Å². The van der Waals surface area contributed by atoms with E-state index >= 15 is 0 Å². The van der Waals surface area contributed by atoms with Crippen molar-refractivity contribution in [2.45, 2.75) is 32.9 Å². The first-order valence-electron chi connectivity index (χ1n) is 5.02. The van der Waals surface area contributed by atoms with E-state index < -0.39 is 0 Å². The highest BCUT2D eigenvalue weighted by molar-refractivity contribution is 4.98. The van der Waals surface area contributed by atoms with E-state index in [1.807, 2.05) is 16.9 Å². The first-order valence-corrected chi connectivity index (χ1v) is 5.02. The van der Waals surface area contributed by atoms with Gasteiger partial charge in [-0.1, -0.05) is 13.3 Å². The molecule has 1 heterocycles. The van der Waals surface area contributed by atoms with Gasteiger partial charge in [0.1, 0.15) is 0 Å². The van der Waals surface area contributed by atoms with E-state index in [0.717, 1.165) is 24.1 Å². The summed E-state index contributed by atoms with van der Waals surface area (Å²) in [4.78, 5) is 0. The molecule has 1 aliphatic rings. The summed E-state index contributed by atoms with van der Waals surface area (Å²) < 4.78 is 2.03. The van der Waals surface area contributed by atoms with Gasteiger partial charge in [-0.2, -0.15) is 5.10 Å². The summed E-state index contributed by atoms with van der Waals surface area (Å²) in [7, 11) is 0. The highest BCUT2D eigenvalue weighted by atomic mass is 15.3. The molecule has 0 aliphatic heterocycles. The van der Waals surface area contributed by atoms with Crippen molar-refractivity contribution in [1.29, 1.82) is 0 Å². The van der Waals surface area contributed by atoms with Crippen molar-refractivity contribution in [1.82, 2.24) is 9.78 Å². The van der Waals surface area contributed by atoms with Crippen LogP contribution in [0.4, 0.5) is 0 Å². The average molecular weight is 179 g/mol. The Morgan fingerprint density at radius 2 is 2.46 bits per heavy atom. The van der Waals surface area contributed by atoms with E-state index in [9.17, 15) is 0 Å². The lowest BCUT2D eigenvalue weighted by molar-refractivity contribution is 0.165. The van der Waals surface area contributed by atoms with Crippen molar-refractivity contribution in [2.24, 2.45) is 17.6 Å². The molecule has 0 aromatic carbocycles. The highest BCUT2D eigenvalue weighted by Crippen LogP contribution is 2.34. The Morgan fingerprint density at radius 1 is 1.62 bits per heavy atom. The molecule has 72 valence electrons. The van der Waals surface area contributed by atoms with Crippen molar-refractivity contribution in [3.05, 3.63) is 18.0 Å². The molecule has 1 fully saturated rings. The smallest absolute Gasteiger partial charge is 0.0760 e. The normalized spacial score (nSPS) is 27.2. The van der Waals surface area contributed by atoms with Gasteiger partial charge >= 0.3 is 0 Å². The molecule has 2 rings (SSSR count). The second kappa shape index (κ2) is 3.50. The molecule has 0 spiro atoms. The fraction of sp³-hybridized carbons (Fsp3) is 0.700. The van der Waals surface area contributed by atoms with E-state index in [1.165, 1.54) is 12.8 Å². The summed E-state index contributed by atoms with van der Waals surface area (Å²) in [6.45, 7) is 3.94. The third-order valence-corrected chi connectivity index (χ3v) is 3.12.